The normalized spacial score (nSPS) is 14.7. The minimum absolute atomic E-state index is 0.120. The van der Waals surface area contributed by atoms with Crippen molar-refractivity contribution in [2.24, 2.45) is 0 Å². The molecular formula is C20H20FN3O3S. The van der Waals surface area contributed by atoms with E-state index < -0.39 is 15.8 Å². The van der Waals surface area contributed by atoms with Gasteiger partial charge in [-0.1, -0.05) is 18.2 Å². The molecule has 1 aliphatic rings. The zero-order chi connectivity index (χ0) is 19.9. The highest BCUT2D eigenvalue weighted by molar-refractivity contribution is 7.89. The number of sulfonamides is 1. The molecule has 0 radical (unpaired) electrons. The van der Waals surface area contributed by atoms with Crippen LogP contribution in [0.4, 0.5) is 4.39 Å². The summed E-state index contributed by atoms with van der Waals surface area (Å²) in [5, 5.41) is 7.19. The van der Waals surface area contributed by atoms with Crippen molar-refractivity contribution < 1.29 is 17.5 Å². The smallest absolute Gasteiger partial charge is 0.247 e. The van der Waals surface area contributed by atoms with Gasteiger partial charge in [0.25, 0.3) is 0 Å². The van der Waals surface area contributed by atoms with Crippen LogP contribution in [-0.2, 0) is 23.0 Å². The summed E-state index contributed by atoms with van der Waals surface area (Å²) in [4.78, 5) is 0.134. The highest BCUT2D eigenvalue weighted by Gasteiger charge is 2.33. The van der Waals surface area contributed by atoms with E-state index in [1.807, 2.05) is 6.92 Å². The van der Waals surface area contributed by atoms with Gasteiger partial charge in [0.15, 0.2) is 0 Å². The maximum Gasteiger partial charge on any atom is 0.247 e. The van der Waals surface area contributed by atoms with Crippen molar-refractivity contribution in [2.45, 2.75) is 24.8 Å². The van der Waals surface area contributed by atoms with Crippen molar-refractivity contribution in [3.05, 3.63) is 65.1 Å². The molecule has 0 unspecified atom stereocenters. The van der Waals surface area contributed by atoms with Gasteiger partial charge in [-0.25, -0.2) is 12.8 Å². The van der Waals surface area contributed by atoms with Crippen LogP contribution in [0.1, 0.15) is 16.8 Å². The fourth-order valence-electron chi connectivity index (χ4n) is 3.48. The standard InChI is InChI=1S/C20H20FN3O3S/c1-13-7-8-18(27-2)19(11-13)28(25,26)24-10-9-17-15(12-24)20(23-22-17)14-5-3-4-6-16(14)21/h3-8,11H,9-10,12H2,1-2H3,(H,22,23). The number of H-pyrrole nitrogens is 1. The highest BCUT2D eigenvalue weighted by Crippen LogP contribution is 2.34. The predicted octanol–water partition coefficient (Wildman–Crippen LogP) is 3.28. The van der Waals surface area contributed by atoms with Crippen molar-refractivity contribution in [3.63, 3.8) is 0 Å². The molecule has 1 aliphatic heterocycles. The van der Waals surface area contributed by atoms with E-state index in [9.17, 15) is 12.8 Å². The average Bonchev–Trinajstić information content (AvgIpc) is 3.11. The first-order valence-corrected chi connectivity index (χ1v) is 10.3. The number of aromatic amines is 1. The molecule has 146 valence electrons. The van der Waals surface area contributed by atoms with E-state index in [2.05, 4.69) is 10.2 Å². The minimum Gasteiger partial charge on any atom is -0.495 e. The van der Waals surface area contributed by atoms with E-state index in [4.69, 9.17) is 4.74 Å². The molecule has 2 aromatic carbocycles. The van der Waals surface area contributed by atoms with Crippen molar-refractivity contribution in [3.8, 4) is 17.0 Å². The maximum atomic E-state index is 14.3. The van der Waals surface area contributed by atoms with Crippen molar-refractivity contribution in [2.75, 3.05) is 13.7 Å². The predicted molar refractivity (Wildman–Crippen MR) is 103 cm³/mol. The topological polar surface area (TPSA) is 75.3 Å². The molecule has 2 heterocycles. The molecule has 28 heavy (non-hydrogen) atoms. The van der Waals surface area contributed by atoms with Crippen LogP contribution in [0.5, 0.6) is 5.75 Å². The van der Waals surface area contributed by atoms with E-state index in [-0.39, 0.29) is 11.4 Å². The molecule has 3 aromatic rings. The third kappa shape index (κ3) is 3.08. The molecule has 0 atom stereocenters. The summed E-state index contributed by atoms with van der Waals surface area (Å²) in [7, 11) is -2.34. The lowest BCUT2D eigenvalue weighted by atomic mass is 10.0. The van der Waals surface area contributed by atoms with E-state index >= 15 is 0 Å². The molecule has 0 fully saturated rings. The summed E-state index contributed by atoms with van der Waals surface area (Å²) < 4.78 is 47.5. The molecule has 0 amide bonds. The summed E-state index contributed by atoms with van der Waals surface area (Å²) in [5.41, 5.74) is 3.16. The molecular weight excluding hydrogens is 381 g/mol. The molecule has 0 aliphatic carbocycles. The zero-order valence-electron chi connectivity index (χ0n) is 15.6. The quantitative estimate of drug-likeness (QED) is 0.728. The van der Waals surface area contributed by atoms with Gasteiger partial charge in [-0.05, 0) is 36.8 Å². The second-order valence-corrected chi connectivity index (χ2v) is 8.66. The monoisotopic (exact) mass is 401 g/mol. The summed E-state index contributed by atoms with van der Waals surface area (Å²) in [6, 6.07) is 11.4. The van der Waals surface area contributed by atoms with Crippen molar-refractivity contribution in [1.29, 1.82) is 0 Å². The Morgan fingerprint density at radius 1 is 1.21 bits per heavy atom. The van der Waals surface area contributed by atoms with Gasteiger partial charge >= 0.3 is 0 Å². The SMILES string of the molecule is COc1ccc(C)cc1S(=O)(=O)N1CCc2[nH]nc(-c3ccccc3F)c2C1. The van der Waals surface area contributed by atoms with E-state index in [0.29, 0.717) is 35.5 Å². The van der Waals surface area contributed by atoms with Gasteiger partial charge in [-0.3, -0.25) is 5.10 Å². The number of halogens is 1. The number of rotatable bonds is 4. The Bertz CT molecular complexity index is 1140. The van der Waals surface area contributed by atoms with Crippen LogP contribution >= 0.6 is 0 Å². The van der Waals surface area contributed by atoms with Crippen LogP contribution in [-0.4, -0.2) is 36.6 Å². The Balaban J connectivity index is 1.74. The first-order valence-electron chi connectivity index (χ1n) is 8.87. The Kier molecular flexibility index (Phi) is 4.68. The number of methoxy groups -OCH3 is 1. The van der Waals surface area contributed by atoms with Crippen molar-refractivity contribution in [1.82, 2.24) is 14.5 Å². The van der Waals surface area contributed by atoms with Gasteiger partial charge in [0.2, 0.25) is 10.0 Å². The Labute approximate surface area is 163 Å². The molecule has 0 saturated heterocycles. The first kappa shape index (κ1) is 18.6. The van der Waals surface area contributed by atoms with Crippen molar-refractivity contribution >= 4 is 10.0 Å². The molecule has 0 bridgehead atoms. The lowest BCUT2D eigenvalue weighted by Gasteiger charge is -2.27. The largest absolute Gasteiger partial charge is 0.495 e. The van der Waals surface area contributed by atoms with Gasteiger partial charge in [-0.2, -0.15) is 9.40 Å². The highest BCUT2D eigenvalue weighted by atomic mass is 32.2. The fraction of sp³-hybridized carbons (Fsp3) is 0.250. The maximum absolute atomic E-state index is 14.3. The van der Waals surface area contributed by atoms with Crippen LogP contribution in [0.15, 0.2) is 47.4 Å². The van der Waals surface area contributed by atoms with Gasteiger partial charge < -0.3 is 4.74 Å². The summed E-state index contributed by atoms with van der Waals surface area (Å²) in [6.45, 7) is 2.26. The van der Waals surface area contributed by atoms with Gasteiger partial charge in [-0.15, -0.1) is 0 Å². The van der Waals surface area contributed by atoms with E-state index in [1.54, 1.807) is 36.4 Å². The Hall–Kier alpha value is -2.71. The molecule has 4 rings (SSSR count). The number of nitrogens with one attached hydrogen (secondary N) is 1. The summed E-state index contributed by atoms with van der Waals surface area (Å²) in [5.74, 6) is -0.0879. The van der Waals surface area contributed by atoms with Gasteiger partial charge in [0.1, 0.15) is 16.5 Å². The lowest BCUT2D eigenvalue weighted by molar-refractivity contribution is 0.377. The van der Waals surface area contributed by atoms with E-state index in [1.165, 1.54) is 17.5 Å². The Morgan fingerprint density at radius 3 is 2.75 bits per heavy atom. The zero-order valence-corrected chi connectivity index (χ0v) is 16.4. The lowest BCUT2D eigenvalue weighted by Crippen LogP contribution is -2.36. The second kappa shape index (κ2) is 7.03. The number of aromatic nitrogens is 2. The number of hydrogen-bond acceptors (Lipinski definition) is 4. The molecule has 1 N–H and O–H groups in total. The molecule has 8 heteroatoms. The number of ether oxygens (including phenoxy) is 1. The number of fused-ring (bicyclic) bond motifs is 1. The average molecular weight is 401 g/mol. The first-order chi connectivity index (χ1) is 13.4. The van der Waals surface area contributed by atoms with E-state index in [0.717, 1.165) is 11.3 Å². The molecule has 0 saturated carbocycles. The third-order valence-corrected chi connectivity index (χ3v) is 6.83. The summed E-state index contributed by atoms with van der Waals surface area (Å²) in [6.07, 6.45) is 0.476. The van der Waals surface area contributed by atoms with Crippen LogP contribution in [0, 0.1) is 12.7 Å². The van der Waals surface area contributed by atoms with Gasteiger partial charge in [0, 0.05) is 36.3 Å². The number of hydrogen-bond donors (Lipinski definition) is 1. The van der Waals surface area contributed by atoms with Crippen LogP contribution in [0.3, 0.4) is 0 Å². The number of nitrogens with zero attached hydrogens (tertiary/aromatic N) is 2. The van der Waals surface area contributed by atoms with Crippen LogP contribution < -0.4 is 4.74 Å². The molecule has 1 aromatic heterocycles. The molecule has 0 spiro atoms. The molecule has 6 nitrogen and oxygen atoms in total. The summed E-state index contributed by atoms with van der Waals surface area (Å²) >= 11 is 0. The third-order valence-electron chi connectivity index (χ3n) is 4.96. The fourth-order valence-corrected chi connectivity index (χ4v) is 5.13. The minimum atomic E-state index is -3.78. The number of benzene rings is 2. The van der Waals surface area contributed by atoms with Crippen LogP contribution in [0.2, 0.25) is 0 Å². The van der Waals surface area contributed by atoms with Crippen LogP contribution in [0.25, 0.3) is 11.3 Å². The Morgan fingerprint density at radius 2 is 2.00 bits per heavy atom. The second-order valence-electron chi connectivity index (χ2n) is 6.75. The number of aryl methyl sites for hydroxylation is 1. The van der Waals surface area contributed by atoms with Gasteiger partial charge in [0.05, 0.1) is 12.8 Å².